The van der Waals surface area contributed by atoms with Crippen molar-refractivity contribution in [2.75, 3.05) is 0 Å². The van der Waals surface area contributed by atoms with Crippen molar-refractivity contribution in [3.63, 3.8) is 0 Å². The maximum absolute atomic E-state index is 12.2. The molecule has 0 unspecified atom stereocenters. The van der Waals surface area contributed by atoms with Gasteiger partial charge in [0.1, 0.15) is 5.69 Å². The number of hydrogen-bond acceptors (Lipinski definition) is 2. The Morgan fingerprint density at radius 2 is 2.23 bits per heavy atom. The number of pyridine rings is 1. The molecule has 1 heterocycles. The van der Waals surface area contributed by atoms with Gasteiger partial charge in [0.25, 0.3) is 6.43 Å². The molecule has 1 aromatic heterocycles. The van der Waals surface area contributed by atoms with Gasteiger partial charge in [-0.05, 0) is 28.7 Å². The number of carboxylic acid groups (broad SMARTS) is 1. The lowest BCUT2D eigenvalue weighted by atomic mass is 10.2. The Morgan fingerprint density at radius 3 is 2.69 bits per heavy atom. The standard InChI is InChI=1S/C7H4F2INO2/c8-6(9)5-4(7(12)13)1-3(10)2-11-5/h1-2,6H,(H,12,13). The molecule has 0 fully saturated rings. The molecule has 0 aliphatic heterocycles. The van der Waals surface area contributed by atoms with E-state index in [1.807, 2.05) is 22.6 Å². The van der Waals surface area contributed by atoms with Gasteiger partial charge in [-0.3, -0.25) is 4.98 Å². The lowest BCUT2D eigenvalue weighted by Gasteiger charge is -2.03. The number of aromatic nitrogens is 1. The van der Waals surface area contributed by atoms with Crippen LogP contribution >= 0.6 is 22.6 Å². The fourth-order valence-corrected chi connectivity index (χ4v) is 1.25. The minimum atomic E-state index is -2.86. The van der Waals surface area contributed by atoms with Gasteiger partial charge in [-0.1, -0.05) is 0 Å². The number of carbonyl (C=O) groups is 1. The highest BCUT2D eigenvalue weighted by molar-refractivity contribution is 14.1. The average Bonchev–Trinajstić information content (AvgIpc) is 2.03. The number of aromatic carboxylic acids is 1. The van der Waals surface area contributed by atoms with Crippen LogP contribution in [0.25, 0.3) is 0 Å². The first-order valence-electron chi connectivity index (χ1n) is 3.19. The summed E-state index contributed by atoms with van der Waals surface area (Å²) in [4.78, 5) is 13.9. The molecule has 70 valence electrons. The van der Waals surface area contributed by atoms with Gasteiger partial charge in [-0.15, -0.1) is 0 Å². The quantitative estimate of drug-likeness (QED) is 0.853. The first-order valence-corrected chi connectivity index (χ1v) is 4.27. The Hall–Kier alpha value is -0.790. The largest absolute Gasteiger partial charge is 0.478 e. The van der Waals surface area contributed by atoms with Gasteiger partial charge in [-0.25, -0.2) is 13.6 Å². The third-order valence-corrected chi connectivity index (χ3v) is 1.91. The highest BCUT2D eigenvalue weighted by Crippen LogP contribution is 2.21. The van der Waals surface area contributed by atoms with Gasteiger partial charge in [0, 0.05) is 9.77 Å². The van der Waals surface area contributed by atoms with Gasteiger partial charge in [-0.2, -0.15) is 0 Å². The summed E-state index contributed by atoms with van der Waals surface area (Å²) < 4.78 is 24.9. The Kier molecular flexibility index (Phi) is 3.12. The Bertz CT molecular complexity index is 343. The number of alkyl halides is 2. The van der Waals surface area contributed by atoms with Crippen molar-refractivity contribution in [1.82, 2.24) is 4.98 Å². The van der Waals surface area contributed by atoms with Crippen LogP contribution < -0.4 is 0 Å². The van der Waals surface area contributed by atoms with Crippen molar-refractivity contribution in [3.8, 4) is 0 Å². The van der Waals surface area contributed by atoms with E-state index in [2.05, 4.69) is 4.98 Å². The predicted molar refractivity (Wildman–Crippen MR) is 48.9 cm³/mol. The highest BCUT2D eigenvalue weighted by atomic mass is 127. The lowest BCUT2D eigenvalue weighted by molar-refractivity contribution is 0.0682. The molecule has 0 atom stereocenters. The number of hydrogen-bond donors (Lipinski definition) is 1. The second-order valence-corrected chi connectivity index (χ2v) is 3.44. The molecule has 0 bridgehead atoms. The molecule has 3 nitrogen and oxygen atoms in total. The number of halogens is 3. The zero-order valence-corrected chi connectivity index (χ0v) is 8.33. The molecular formula is C7H4F2INO2. The molecular weight excluding hydrogens is 295 g/mol. The number of nitrogens with zero attached hydrogens (tertiary/aromatic N) is 1. The molecule has 1 rings (SSSR count). The normalized spacial score (nSPS) is 10.5. The Balaban J connectivity index is 3.27. The second kappa shape index (κ2) is 3.95. The SMILES string of the molecule is O=C(O)c1cc(I)cnc1C(F)F. The van der Waals surface area contributed by atoms with Crippen LogP contribution in [0.3, 0.4) is 0 Å². The van der Waals surface area contributed by atoms with Crippen LogP contribution in [0, 0.1) is 3.57 Å². The number of carboxylic acids is 1. The van der Waals surface area contributed by atoms with Crippen molar-refractivity contribution in [1.29, 1.82) is 0 Å². The van der Waals surface area contributed by atoms with E-state index in [-0.39, 0.29) is 0 Å². The van der Waals surface area contributed by atoms with Gasteiger partial charge >= 0.3 is 5.97 Å². The molecule has 1 N–H and O–H groups in total. The average molecular weight is 299 g/mol. The van der Waals surface area contributed by atoms with E-state index in [4.69, 9.17) is 5.11 Å². The smallest absolute Gasteiger partial charge is 0.337 e. The van der Waals surface area contributed by atoms with Crippen LogP contribution in [0.15, 0.2) is 12.3 Å². The van der Waals surface area contributed by atoms with Crippen LogP contribution in [0.4, 0.5) is 8.78 Å². The van der Waals surface area contributed by atoms with E-state index in [1.54, 1.807) is 0 Å². The summed E-state index contributed by atoms with van der Waals surface area (Å²) >= 11 is 1.81. The molecule has 1 aromatic rings. The zero-order chi connectivity index (χ0) is 10.0. The molecule has 0 aliphatic carbocycles. The zero-order valence-electron chi connectivity index (χ0n) is 6.17. The molecule has 0 aliphatic rings. The van der Waals surface area contributed by atoms with Crippen LogP contribution in [0.5, 0.6) is 0 Å². The summed E-state index contributed by atoms with van der Waals surface area (Å²) in [6, 6.07) is 1.16. The second-order valence-electron chi connectivity index (χ2n) is 2.19. The van der Waals surface area contributed by atoms with E-state index >= 15 is 0 Å². The van der Waals surface area contributed by atoms with Gasteiger partial charge in [0.05, 0.1) is 5.56 Å². The van der Waals surface area contributed by atoms with Gasteiger partial charge in [0.15, 0.2) is 0 Å². The highest BCUT2D eigenvalue weighted by Gasteiger charge is 2.19. The predicted octanol–water partition coefficient (Wildman–Crippen LogP) is 2.32. The summed E-state index contributed by atoms with van der Waals surface area (Å²) in [5.41, 5.74) is -1.13. The summed E-state index contributed by atoms with van der Waals surface area (Å²) in [6.45, 7) is 0. The molecule has 0 aromatic carbocycles. The maximum atomic E-state index is 12.2. The third kappa shape index (κ3) is 2.33. The molecule has 13 heavy (non-hydrogen) atoms. The molecule has 0 radical (unpaired) electrons. The topological polar surface area (TPSA) is 50.2 Å². The minimum absolute atomic E-state index is 0.443. The summed E-state index contributed by atoms with van der Waals surface area (Å²) in [5, 5.41) is 8.56. The fraction of sp³-hybridized carbons (Fsp3) is 0.143. The van der Waals surface area contributed by atoms with E-state index < -0.39 is 23.7 Å². The van der Waals surface area contributed by atoms with Crippen LogP contribution in [0.2, 0.25) is 0 Å². The first kappa shape index (κ1) is 10.3. The fourth-order valence-electron chi connectivity index (χ4n) is 0.795. The van der Waals surface area contributed by atoms with Gasteiger partial charge in [0.2, 0.25) is 0 Å². The van der Waals surface area contributed by atoms with E-state index in [9.17, 15) is 13.6 Å². The monoisotopic (exact) mass is 299 g/mol. The van der Waals surface area contributed by atoms with Crippen molar-refractivity contribution in [2.24, 2.45) is 0 Å². The third-order valence-electron chi connectivity index (χ3n) is 1.32. The summed E-state index contributed by atoms with van der Waals surface area (Å²) in [5.74, 6) is -1.39. The van der Waals surface area contributed by atoms with Crippen LogP contribution in [-0.2, 0) is 0 Å². The van der Waals surface area contributed by atoms with E-state index in [0.29, 0.717) is 3.57 Å². The number of rotatable bonds is 2. The van der Waals surface area contributed by atoms with Crippen molar-refractivity contribution < 1.29 is 18.7 Å². The maximum Gasteiger partial charge on any atom is 0.337 e. The Labute approximate surface area is 85.9 Å². The molecule has 6 heteroatoms. The van der Waals surface area contributed by atoms with Crippen molar-refractivity contribution in [3.05, 3.63) is 27.1 Å². The van der Waals surface area contributed by atoms with E-state index in [0.717, 1.165) is 6.07 Å². The van der Waals surface area contributed by atoms with Crippen LogP contribution in [-0.4, -0.2) is 16.1 Å². The van der Waals surface area contributed by atoms with Crippen molar-refractivity contribution >= 4 is 28.6 Å². The van der Waals surface area contributed by atoms with Crippen LogP contribution in [0.1, 0.15) is 22.5 Å². The lowest BCUT2D eigenvalue weighted by Crippen LogP contribution is -2.05. The minimum Gasteiger partial charge on any atom is -0.478 e. The van der Waals surface area contributed by atoms with E-state index in [1.165, 1.54) is 6.20 Å². The first-order chi connectivity index (χ1) is 6.02. The molecule has 0 saturated heterocycles. The van der Waals surface area contributed by atoms with Gasteiger partial charge < -0.3 is 5.11 Å². The summed E-state index contributed by atoms with van der Waals surface area (Å²) in [6.07, 6.45) is -1.66. The molecule has 0 saturated carbocycles. The summed E-state index contributed by atoms with van der Waals surface area (Å²) in [7, 11) is 0. The molecule has 0 spiro atoms. The molecule has 0 amide bonds. The van der Waals surface area contributed by atoms with Crippen molar-refractivity contribution in [2.45, 2.75) is 6.43 Å². The Morgan fingerprint density at radius 1 is 1.62 bits per heavy atom.